The summed E-state index contributed by atoms with van der Waals surface area (Å²) in [6, 6.07) is 3.31. The second-order valence-corrected chi connectivity index (χ2v) is 6.72. The van der Waals surface area contributed by atoms with Crippen molar-refractivity contribution in [2.45, 2.75) is 32.7 Å². The van der Waals surface area contributed by atoms with Crippen LogP contribution in [0.3, 0.4) is 0 Å². The van der Waals surface area contributed by atoms with Crippen LogP contribution in [-0.4, -0.2) is 14.5 Å². The maximum atomic E-state index is 13.7. The van der Waals surface area contributed by atoms with Crippen LogP contribution in [0.15, 0.2) is 17.6 Å². The predicted molar refractivity (Wildman–Crippen MR) is 84.6 cm³/mol. The van der Waals surface area contributed by atoms with Crippen LogP contribution in [0, 0.1) is 19.7 Å². The van der Waals surface area contributed by atoms with Crippen LogP contribution < -0.4 is 0 Å². The van der Waals surface area contributed by atoms with Gasteiger partial charge in [0.1, 0.15) is 11.6 Å². The quantitative estimate of drug-likeness (QED) is 0.660. The summed E-state index contributed by atoms with van der Waals surface area (Å²) in [7, 11) is 0. The number of hydrogen-bond donors (Lipinski definition) is 0. The number of nitrogens with zero attached hydrogens (tertiary/aromatic N) is 3. The lowest BCUT2D eigenvalue weighted by Gasteiger charge is -2.10. The molecule has 0 fully saturated rings. The number of aromatic nitrogens is 3. The Kier molecular flexibility index (Phi) is 3.71. The minimum atomic E-state index is -0.242. The van der Waals surface area contributed by atoms with Crippen LogP contribution in [0.5, 0.6) is 0 Å². The second-order valence-electron chi connectivity index (χ2n) is 5.12. The molecule has 0 amide bonds. The average molecular weight is 324 g/mol. The van der Waals surface area contributed by atoms with Gasteiger partial charge >= 0.3 is 0 Å². The number of fused-ring (bicyclic) bond motifs is 1. The van der Waals surface area contributed by atoms with E-state index in [-0.39, 0.29) is 11.2 Å². The Morgan fingerprint density at radius 1 is 1.38 bits per heavy atom. The van der Waals surface area contributed by atoms with Crippen molar-refractivity contribution in [2.24, 2.45) is 0 Å². The van der Waals surface area contributed by atoms with Crippen molar-refractivity contribution < 1.29 is 4.39 Å². The highest BCUT2D eigenvalue weighted by atomic mass is 35.5. The Morgan fingerprint density at radius 2 is 2.14 bits per heavy atom. The maximum absolute atomic E-state index is 13.7. The molecule has 1 aromatic carbocycles. The molecule has 0 aliphatic carbocycles. The molecule has 6 heteroatoms. The van der Waals surface area contributed by atoms with E-state index in [1.165, 1.54) is 6.07 Å². The number of hydrogen-bond acceptors (Lipinski definition) is 3. The zero-order valence-electron chi connectivity index (χ0n) is 12.0. The van der Waals surface area contributed by atoms with Gasteiger partial charge < -0.3 is 4.57 Å². The molecular weight excluding hydrogens is 309 g/mol. The zero-order valence-corrected chi connectivity index (χ0v) is 13.6. The van der Waals surface area contributed by atoms with Gasteiger partial charge in [0.15, 0.2) is 0 Å². The third kappa shape index (κ3) is 2.56. The molecule has 0 saturated carbocycles. The summed E-state index contributed by atoms with van der Waals surface area (Å²) in [6.45, 7) is 6.28. The first-order chi connectivity index (χ1) is 9.97. The third-order valence-electron chi connectivity index (χ3n) is 3.56. The lowest BCUT2D eigenvalue weighted by atomic mass is 10.2. The average Bonchev–Trinajstić information content (AvgIpc) is 2.97. The smallest absolute Gasteiger partial charge is 0.128 e. The van der Waals surface area contributed by atoms with Crippen molar-refractivity contribution in [3.05, 3.63) is 45.4 Å². The molecule has 0 aliphatic heterocycles. The van der Waals surface area contributed by atoms with Gasteiger partial charge in [0.25, 0.3) is 0 Å². The van der Waals surface area contributed by atoms with E-state index in [2.05, 4.69) is 14.5 Å². The first-order valence-corrected chi connectivity index (χ1v) is 7.98. The lowest BCUT2D eigenvalue weighted by molar-refractivity contribution is 0.620. The molecule has 3 aromatic rings. The van der Waals surface area contributed by atoms with Crippen molar-refractivity contribution >= 4 is 34.0 Å². The van der Waals surface area contributed by atoms with Crippen molar-refractivity contribution in [3.8, 4) is 0 Å². The Balaban J connectivity index is 2.20. The molecule has 0 radical (unpaired) electrons. The van der Waals surface area contributed by atoms with Crippen LogP contribution in [0.1, 0.15) is 34.3 Å². The number of aryl methyl sites for hydroxylation is 2. The normalized spacial score (nSPS) is 13.0. The monoisotopic (exact) mass is 323 g/mol. The summed E-state index contributed by atoms with van der Waals surface area (Å²) < 4.78 is 15.8. The van der Waals surface area contributed by atoms with Crippen LogP contribution in [0.25, 0.3) is 11.0 Å². The fourth-order valence-electron chi connectivity index (χ4n) is 2.36. The fraction of sp³-hybridized carbons (Fsp3) is 0.333. The van der Waals surface area contributed by atoms with Gasteiger partial charge in [0.2, 0.25) is 0 Å². The van der Waals surface area contributed by atoms with E-state index >= 15 is 0 Å². The van der Waals surface area contributed by atoms with Gasteiger partial charge in [-0.1, -0.05) is 0 Å². The highest BCUT2D eigenvalue weighted by molar-refractivity contribution is 7.09. The van der Waals surface area contributed by atoms with Crippen molar-refractivity contribution in [1.29, 1.82) is 0 Å². The minimum Gasteiger partial charge on any atom is -0.321 e. The summed E-state index contributed by atoms with van der Waals surface area (Å²) in [5.41, 5.74) is 5.00. The summed E-state index contributed by atoms with van der Waals surface area (Å²) in [6.07, 6.45) is 0. The van der Waals surface area contributed by atoms with Gasteiger partial charge in [-0.05, 0) is 32.4 Å². The number of benzene rings is 1. The van der Waals surface area contributed by atoms with Gasteiger partial charge in [-0.3, -0.25) is 0 Å². The Bertz CT molecular complexity index is 807. The molecule has 1 atom stereocenters. The van der Waals surface area contributed by atoms with Crippen molar-refractivity contribution in [2.75, 3.05) is 0 Å². The highest BCUT2D eigenvalue weighted by Crippen LogP contribution is 2.28. The van der Waals surface area contributed by atoms with Crippen molar-refractivity contribution in [1.82, 2.24) is 14.5 Å². The molecule has 0 saturated heterocycles. The Hall–Kier alpha value is -1.46. The molecule has 1 unspecified atom stereocenters. The summed E-state index contributed by atoms with van der Waals surface area (Å²) in [4.78, 5) is 9.94. The van der Waals surface area contributed by atoms with E-state index in [4.69, 9.17) is 11.6 Å². The molecule has 3 rings (SSSR count). The van der Waals surface area contributed by atoms with Gasteiger partial charge in [0, 0.05) is 10.9 Å². The highest BCUT2D eigenvalue weighted by Gasteiger charge is 2.17. The van der Waals surface area contributed by atoms with Crippen LogP contribution in [0.4, 0.5) is 4.39 Å². The molecule has 0 aliphatic rings. The largest absolute Gasteiger partial charge is 0.321 e. The number of thiazole rings is 1. The standard InChI is InChI=1S/C15H15ClFN3S/c1-8-4-13-12(5-11(8)17)19-15(9(2)16)20(13)6-14-10(3)18-7-21-14/h4-5,7,9H,6H2,1-3H3. The molecule has 2 aromatic heterocycles. The van der Waals surface area contributed by atoms with Gasteiger partial charge in [-0.2, -0.15) is 0 Å². The first kappa shape index (κ1) is 14.5. The number of halogens is 2. The summed E-state index contributed by atoms with van der Waals surface area (Å²) >= 11 is 7.86. The molecular formula is C15H15ClFN3S. The maximum Gasteiger partial charge on any atom is 0.128 e. The van der Waals surface area contributed by atoms with Gasteiger partial charge in [-0.25, -0.2) is 14.4 Å². The molecule has 0 spiro atoms. The molecule has 0 bridgehead atoms. The topological polar surface area (TPSA) is 30.7 Å². The van der Waals surface area contributed by atoms with E-state index < -0.39 is 0 Å². The van der Waals surface area contributed by atoms with E-state index in [1.807, 2.05) is 25.4 Å². The second kappa shape index (κ2) is 5.39. The zero-order chi connectivity index (χ0) is 15.1. The molecule has 2 heterocycles. The van der Waals surface area contributed by atoms with Crippen LogP contribution in [-0.2, 0) is 6.54 Å². The molecule has 110 valence electrons. The molecule has 21 heavy (non-hydrogen) atoms. The van der Waals surface area contributed by atoms with Gasteiger partial charge in [-0.15, -0.1) is 22.9 Å². The lowest BCUT2D eigenvalue weighted by Crippen LogP contribution is -2.05. The van der Waals surface area contributed by atoms with E-state index in [9.17, 15) is 4.39 Å². The van der Waals surface area contributed by atoms with Crippen LogP contribution in [0.2, 0.25) is 0 Å². The third-order valence-corrected chi connectivity index (χ3v) is 4.68. The minimum absolute atomic E-state index is 0.241. The van der Waals surface area contributed by atoms with Crippen molar-refractivity contribution in [3.63, 3.8) is 0 Å². The SMILES string of the molecule is Cc1cc2c(cc1F)nc(C(C)Cl)n2Cc1scnc1C. The summed E-state index contributed by atoms with van der Waals surface area (Å²) in [5, 5.41) is -0.242. The Labute approximate surface area is 131 Å². The molecule has 0 N–H and O–H groups in total. The van der Waals surface area contributed by atoms with Gasteiger partial charge in [0.05, 0.1) is 34.2 Å². The van der Waals surface area contributed by atoms with E-state index in [0.717, 1.165) is 21.9 Å². The number of rotatable bonds is 3. The fourth-order valence-corrected chi connectivity index (χ4v) is 3.29. The van der Waals surface area contributed by atoms with Crippen LogP contribution >= 0.6 is 22.9 Å². The Morgan fingerprint density at radius 3 is 2.76 bits per heavy atom. The number of alkyl halides is 1. The predicted octanol–water partition coefficient (Wildman–Crippen LogP) is 4.60. The first-order valence-electron chi connectivity index (χ1n) is 6.66. The van der Waals surface area contributed by atoms with E-state index in [1.54, 1.807) is 18.3 Å². The summed E-state index contributed by atoms with van der Waals surface area (Å²) in [5.74, 6) is 0.513. The number of imidazole rings is 1. The molecule has 3 nitrogen and oxygen atoms in total. The van der Waals surface area contributed by atoms with E-state index in [0.29, 0.717) is 17.6 Å².